The Labute approximate surface area is 135 Å². The van der Waals surface area contributed by atoms with E-state index in [1.807, 2.05) is 11.7 Å². The summed E-state index contributed by atoms with van der Waals surface area (Å²) < 4.78 is 2.68. The molecule has 4 fully saturated rings. The Bertz CT molecular complexity index is 558. The predicted molar refractivity (Wildman–Crippen MR) is 85.5 cm³/mol. The second-order valence-electron chi connectivity index (χ2n) is 8.86. The highest BCUT2D eigenvalue weighted by molar-refractivity contribution is 9.10. The molecule has 0 aromatic carbocycles. The van der Waals surface area contributed by atoms with E-state index in [0.717, 1.165) is 16.2 Å². The van der Waals surface area contributed by atoms with Crippen LogP contribution in [0.3, 0.4) is 0 Å². The van der Waals surface area contributed by atoms with E-state index in [2.05, 4.69) is 40.1 Å². The van der Waals surface area contributed by atoms with Crippen molar-refractivity contribution in [2.45, 2.75) is 58.4 Å². The number of nitrogens with two attached hydrogens (primary N) is 1. The van der Waals surface area contributed by atoms with E-state index in [1.165, 1.54) is 38.5 Å². The van der Waals surface area contributed by atoms with Crippen LogP contribution in [0, 0.1) is 22.2 Å². The molecule has 4 bridgehead atoms. The maximum absolute atomic E-state index is 6.83. The third-order valence-corrected chi connectivity index (χ3v) is 7.02. The lowest BCUT2D eigenvalue weighted by Crippen LogP contribution is -2.58. The van der Waals surface area contributed by atoms with Crippen LogP contribution >= 0.6 is 15.9 Å². The minimum atomic E-state index is 0.0360. The van der Waals surface area contributed by atoms with Crippen LogP contribution in [0.25, 0.3) is 0 Å². The van der Waals surface area contributed by atoms with Crippen LogP contribution in [0.4, 0.5) is 0 Å². The summed E-state index contributed by atoms with van der Waals surface area (Å²) in [5.41, 5.74) is 9.12. The number of nitrogens with zero attached hydrogens (tertiary/aromatic N) is 3. The van der Waals surface area contributed by atoms with Crippen molar-refractivity contribution >= 4 is 15.9 Å². The zero-order chi connectivity index (χ0) is 15.0. The Kier molecular flexibility index (Phi) is 2.77. The first-order valence-electron chi connectivity index (χ1n) is 8.05. The molecule has 0 saturated heterocycles. The smallest absolute Gasteiger partial charge is 0.153 e. The molecule has 5 rings (SSSR count). The van der Waals surface area contributed by atoms with Crippen molar-refractivity contribution in [1.82, 2.24) is 15.0 Å². The molecule has 0 radical (unpaired) electrons. The third kappa shape index (κ3) is 1.96. The first-order valence-corrected chi connectivity index (χ1v) is 8.84. The van der Waals surface area contributed by atoms with Crippen molar-refractivity contribution in [3.8, 4) is 0 Å². The van der Waals surface area contributed by atoms with E-state index < -0.39 is 0 Å². The number of rotatable bonds is 2. The average molecular weight is 353 g/mol. The maximum atomic E-state index is 6.83. The predicted octanol–water partition coefficient (Wildman–Crippen LogP) is 3.57. The number of aryl methyl sites for hydroxylation is 1. The van der Waals surface area contributed by atoms with Crippen molar-refractivity contribution in [3.63, 3.8) is 0 Å². The molecule has 116 valence electrons. The van der Waals surface area contributed by atoms with Gasteiger partial charge in [-0.25, -0.2) is 4.68 Å². The van der Waals surface area contributed by atoms with Crippen LogP contribution in [-0.4, -0.2) is 15.0 Å². The largest absolute Gasteiger partial charge is 0.322 e. The van der Waals surface area contributed by atoms with Gasteiger partial charge >= 0.3 is 0 Å². The summed E-state index contributed by atoms with van der Waals surface area (Å²) in [5.74, 6) is 0.863. The van der Waals surface area contributed by atoms with E-state index in [-0.39, 0.29) is 11.5 Å². The normalized spacial score (nSPS) is 46.0. The van der Waals surface area contributed by atoms with Gasteiger partial charge in [-0.15, -0.1) is 5.10 Å². The molecule has 2 N–H and O–H groups in total. The van der Waals surface area contributed by atoms with E-state index >= 15 is 0 Å². The van der Waals surface area contributed by atoms with Gasteiger partial charge in [0, 0.05) is 7.05 Å². The van der Waals surface area contributed by atoms with Gasteiger partial charge in [0.05, 0.1) is 11.7 Å². The molecule has 1 aromatic rings. The molecule has 4 aliphatic carbocycles. The highest BCUT2D eigenvalue weighted by Crippen LogP contribution is 2.71. The van der Waals surface area contributed by atoms with Gasteiger partial charge in [0.15, 0.2) is 4.60 Å². The number of hydrogen-bond donors (Lipinski definition) is 1. The van der Waals surface area contributed by atoms with E-state index in [4.69, 9.17) is 5.73 Å². The summed E-state index contributed by atoms with van der Waals surface area (Å²) >= 11 is 3.55. The molecule has 4 saturated carbocycles. The van der Waals surface area contributed by atoms with E-state index in [9.17, 15) is 0 Å². The standard InChI is InChI=1S/C16H25BrN4/c1-14-4-10-5-15(2,7-14)9-16(6-10,8-14)12(18)11-13(17)19-20-21(11)3/h10,12H,4-9,18H2,1-3H3. The highest BCUT2D eigenvalue weighted by atomic mass is 79.9. The van der Waals surface area contributed by atoms with Gasteiger partial charge in [-0.1, -0.05) is 19.1 Å². The first-order chi connectivity index (χ1) is 9.74. The zero-order valence-corrected chi connectivity index (χ0v) is 14.8. The summed E-state index contributed by atoms with van der Waals surface area (Å²) in [4.78, 5) is 0. The molecule has 1 aromatic heterocycles. The lowest BCUT2D eigenvalue weighted by Gasteiger charge is -2.66. The maximum Gasteiger partial charge on any atom is 0.153 e. The zero-order valence-electron chi connectivity index (χ0n) is 13.2. The van der Waals surface area contributed by atoms with Gasteiger partial charge < -0.3 is 5.73 Å². The first kappa shape index (κ1) is 14.2. The molecule has 1 heterocycles. The van der Waals surface area contributed by atoms with Crippen LogP contribution in [0.5, 0.6) is 0 Å². The summed E-state index contributed by atoms with van der Waals surface area (Å²) in [6, 6.07) is 0.0360. The average Bonchev–Trinajstić information content (AvgIpc) is 2.63. The second kappa shape index (κ2) is 4.10. The van der Waals surface area contributed by atoms with Gasteiger partial charge in [-0.05, 0) is 76.6 Å². The third-order valence-electron chi connectivity index (χ3n) is 6.45. The van der Waals surface area contributed by atoms with Crippen molar-refractivity contribution in [2.24, 2.45) is 34.9 Å². The fourth-order valence-corrected chi connectivity index (χ4v) is 7.42. The molecule has 0 aliphatic heterocycles. The Hall–Kier alpha value is -0.420. The van der Waals surface area contributed by atoms with Gasteiger partial charge in [-0.3, -0.25) is 0 Å². The second-order valence-corrected chi connectivity index (χ2v) is 9.61. The Morgan fingerprint density at radius 2 is 1.81 bits per heavy atom. The minimum Gasteiger partial charge on any atom is -0.322 e. The van der Waals surface area contributed by atoms with Crippen molar-refractivity contribution < 1.29 is 0 Å². The summed E-state index contributed by atoms with van der Waals surface area (Å²) in [6.07, 6.45) is 8.02. The summed E-state index contributed by atoms with van der Waals surface area (Å²) in [7, 11) is 1.96. The van der Waals surface area contributed by atoms with Gasteiger partial charge in [0.2, 0.25) is 0 Å². The molecule has 0 spiro atoms. The molecular formula is C16H25BrN4. The lowest BCUT2D eigenvalue weighted by molar-refractivity contribution is -0.155. The number of hydrogen-bond acceptors (Lipinski definition) is 3. The molecule has 5 heteroatoms. The van der Waals surface area contributed by atoms with Gasteiger partial charge in [0.1, 0.15) is 0 Å². The SMILES string of the molecule is Cn1nnc(Br)c1C(N)C12CC3CC(C)(CC(C)(C3)C1)C2. The van der Waals surface area contributed by atoms with Gasteiger partial charge in [-0.2, -0.15) is 0 Å². The molecule has 3 unspecified atom stereocenters. The summed E-state index contributed by atoms with van der Waals surface area (Å²) in [6.45, 7) is 4.99. The van der Waals surface area contributed by atoms with Crippen molar-refractivity contribution in [1.29, 1.82) is 0 Å². The fraction of sp³-hybridized carbons (Fsp3) is 0.875. The Morgan fingerprint density at radius 1 is 1.19 bits per heavy atom. The highest BCUT2D eigenvalue weighted by Gasteiger charge is 2.62. The van der Waals surface area contributed by atoms with Crippen LogP contribution < -0.4 is 5.73 Å². The van der Waals surface area contributed by atoms with Crippen LogP contribution in [0.2, 0.25) is 0 Å². The minimum absolute atomic E-state index is 0.0360. The van der Waals surface area contributed by atoms with Crippen molar-refractivity contribution in [3.05, 3.63) is 10.3 Å². The summed E-state index contributed by atoms with van der Waals surface area (Å²) in [5, 5.41) is 8.29. The molecular weight excluding hydrogens is 328 g/mol. The van der Waals surface area contributed by atoms with Crippen molar-refractivity contribution in [2.75, 3.05) is 0 Å². The molecule has 4 nitrogen and oxygen atoms in total. The number of halogens is 1. The fourth-order valence-electron chi connectivity index (χ4n) is 6.84. The Balaban J connectivity index is 1.77. The van der Waals surface area contributed by atoms with Gasteiger partial charge in [0.25, 0.3) is 0 Å². The van der Waals surface area contributed by atoms with E-state index in [1.54, 1.807) is 0 Å². The topological polar surface area (TPSA) is 56.7 Å². The molecule has 3 atom stereocenters. The van der Waals surface area contributed by atoms with Crippen LogP contribution in [0.1, 0.15) is 64.1 Å². The molecule has 4 aliphatic rings. The quantitative estimate of drug-likeness (QED) is 0.884. The van der Waals surface area contributed by atoms with Crippen LogP contribution in [-0.2, 0) is 7.05 Å². The number of aromatic nitrogens is 3. The monoisotopic (exact) mass is 352 g/mol. The van der Waals surface area contributed by atoms with E-state index in [0.29, 0.717) is 10.8 Å². The van der Waals surface area contributed by atoms with Crippen LogP contribution in [0.15, 0.2) is 4.60 Å². The lowest BCUT2D eigenvalue weighted by atomic mass is 9.39. The molecule has 21 heavy (non-hydrogen) atoms. The molecule has 0 amide bonds. The Morgan fingerprint density at radius 3 is 2.29 bits per heavy atom.